The summed E-state index contributed by atoms with van der Waals surface area (Å²) in [6.45, 7) is 5.68. The van der Waals surface area contributed by atoms with Gasteiger partial charge in [0.1, 0.15) is 0 Å². The van der Waals surface area contributed by atoms with Gasteiger partial charge in [-0.1, -0.05) is 0 Å². The fourth-order valence-corrected chi connectivity index (χ4v) is 2.73. The minimum absolute atomic E-state index is 0.757. The summed E-state index contributed by atoms with van der Waals surface area (Å²) in [6, 6.07) is 0.757. The minimum atomic E-state index is 0.757. The molecule has 2 saturated heterocycles. The van der Waals surface area contributed by atoms with E-state index in [4.69, 9.17) is 4.74 Å². The molecular weight excluding hydrogens is 200 g/mol. The smallest absolute Gasteiger partial charge is 0.0469 e. The number of likely N-dealkylation sites (tertiary alicyclic amines) is 1. The maximum atomic E-state index is 5.39. The van der Waals surface area contributed by atoms with Crippen LogP contribution >= 0.6 is 0 Å². The molecule has 0 bridgehead atoms. The topological polar surface area (TPSA) is 24.5 Å². The SMILES string of the molecule is CN1CCCC(NCC2CCOCC2)CC1. The van der Waals surface area contributed by atoms with E-state index in [2.05, 4.69) is 17.3 Å². The number of ether oxygens (including phenoxy) is 1. The Bertz CT molecular complexity index is 192. The molecule has 0 amide bonds. The van der Waals surface area contributed by atoms with Gasteiger partial charge in [-0.2, -0.15) is 0 Å². The van der Waals surface area contributed by atoms with Crippen LogP contribution in [0.2, 0.25) is 0 Å². The third-order valence-corrected chi connectivity index (χ3v) is 3.99. The molecule has 2 aliphatic heterocycles. The number of hydrogen-bond acceptors (Lipinski definition) is 3. The largest absolute Gasteiger partial charge is 0.381 e. The van der Waals surface area contributed by atoms with Crippen LogP contribution in [0.25, 0.3) is 0 Å². The average Bonchev–Trinajstić information content (AvgIpc) is 2.53. The molecule has 3 heteroatoms. The quantitative estimate of drug-likeness (QED) is 0.789. The molecule has 2 rings (SSSR count). The maximum Gasteiger partial charge on any atom is 0.0469 e. The summed E-state index contributed by atoms with van der Waals surface area (Å²) in [5, 5.41) is 3.77. The van der Waals surface area contributed by atoms with E-state index in [-0.39, 0.29) is 0 Å². The van der Waals surface area contributed by atoms with E-state index in [1.165, 1.54) is 51.7 Å². The molecule has 0 radical (unpaired) electrons. The molecule has 3 nitrogen and oxygen atoms in total. The van der Waals surface area contributed by atoms with Gasteiger partial charge in [-0.05, 0) is 64.7 Å². The van der Waals surface area contributed by atoms with Crippen LogP contribution in [0.4, 0.5) is 0 Å². The van der Waals surface area contributed by atoms with Gasteiger partial charge in [0.05, 0.1) is 0 Å². The summed E-state index contributed by atoms with van der Waals surface area (Å²) in [4.78, 5) is 2.45. The fourth-order valence-electron chi connectivity index (χ4n) is 2.73. The molecule has 0 aromatic carbocycles. The normalized spacial score (nSPS) is 30.2. The first-order valence-corrected chi connectivity index (χ1v) is 6.84. The number of hydrogen-bond donors (Lipinski definition) is 1. The van der Waals surface area contributed by atoms with Gasteiger partial charge in [-0.15, -0.1) is 0 Å². The van der Waals surface area contributed by atoms with E-state index < -0.39 is 0 Å². The van der Waals surface area contributed by atoms with Gasteiger partial charge < -0.3 is 15.0 Å². The summed E-state index contributed by atoms with van der Waals surface area (Å²) in [7, 11) is 2.24. The molecule has 16 heavy (non-hydrogen) atoms. The molecule has 1 atom stereocenters. The number of rotatable bonds is 3. The zero-order valence-electron chi connectivity index (χ0n) is 10.6. The predicted molar refractivity (Wildman–Crippen MR) is 66.7 cm³/mol. The van der Waals surface area contributed by atoms with E-state index in [1.54, 1.807) is 0 Å². The van der Waals surface area contributed by atoms with Gasteiger partial charge in [0.15, 0.2) is 0 Å². The van der Waals surface area contributed by atoms with Crippen LogP contribution in [0.5, 0.6) is 0 Å². The molecule has 0 spiro atoms. The minimum Gasteiger partial charge on any atom is -0.381 e. The summed E-state index contributed by atoms with van der Waals surface area (Å²) < 4.78 is 5.39. The number of nitrogens with one attached hydrogen (secondary N) is 1. The highest BCUT2D eigenvalue weighted by molar-refractivity contribution is 4.75. The molecule has 0 aliphatic carbocycles. The van der Waals surface area contributed by atoms with Crippen molar-refractivity contribution in [3.8, 4) is 0 Å². The van der Waals surface area contributed by atoms with Crippen molar-refractivity contribution in [2.24, 2.45) is 5.92 Å². The monoisotopic (exact) mass is 226 g/mol. The molecule has 1 N–H and O–H groups in total. The standard InChI is InChI=1S/C13H26N2O/c1-15-7-2-3-13(4-8-15)14-11-12-5-9-16-10-6-12/h12-14H,2-11H2,1H3. The van der Waals surface area contributed by atoms with Crippen molar-refractivity contribution in [2.45, 2.75) is 38.1 Å². The second kappa shape index (κ2) is 6.58. The molecule has 94 valence electrons. The molecule has 0 aromatic heterocycles. The van der Waals surface area contributed by atoms with Crippen LogP contribution in [0.15, 0.2) is 0 Å². The van der Waals surface area contributed by atoms with E-state index in [1.807, 2.05) is 0 Å². The van der Waals surface area contributed by atoms with Gasteiger partial charge in [-0.25, -0.2) is 0 Å². The molecule has 2 heterocycles. The van der Waals surface area contributed by atoms with Crippen molar-refractivity contribution in [2.75, 3.05) is 39.9 Å². The van der Waals surface area contributed by atoms with E-state index in [0.717, 1.165) is 25.2 Å². The molecule has 0 aromatic rings. The predicted octanol–water partition coefficient (Wildman–Crippen LogP) is 1.49. The summed E-state index contributed by atoms with van der Waals surface area (Å²) >= 11 is 0. The number of nitrogens with zero attached hydrogens (tertiary/aromatic N) is 1. The van der Waals surface area contributed by atoms with E-state index in [9.17, 15) is 0 Å². The van der Waals surface area contributed by atoms with Crippen LogP contribution in [-0.2, 0) is 4.74 Å². The van der Waals surface area contributed by atoms with Crippen LogP contribution in [0.3, 0.4) is 0 Å². The lowest BCUT2D eigenvalue weighted by molar-refractivity contribution is 0.0653. The average molecular weight is 226 g/mol. The zero-order valence-corrected chi connectivity index (χ0v) is 10.6. The first-order valence-electron chi connectivity index (χ1n) is 6.84. The van der Waals surface area contributed by atoms with E-state index >= 15 is 0 Å². The van der Waals surface area contributed by atoms with Crippen LogP contribution in [0.1, 0.15) is 32.1 Å². The highest BCUT2D eigenvalue weighted by atomic mass is 16.5. The van der Waals surface area contributed by atoms with Crippen molar-refractivity contribution < 1.29 is 4.74 Å². The lowest BCUT2D eigenvalue weighted by Gasteiger charge is -2.25. The van der Waals surface area contributed by atoms with E-state index in [0.29, 0.717) is 0 Å². The van der Waals surface area contributed by atoms with Crippen LogP contribution in [0, 0.1) is 5.92 Å². The van der Waals surface area contributed by atoms with Gasteiger partial charge in [0.2, 0.25) is 0 Å². The molecule has 2 aliphatic rings. The third kappa shape index (κ3) is 4.04. The van der Waals surface area contributed by atoms with Crippen molar-refractivity contribution >= 4 is 0 Å². The van der Waals surface area contributed by atoms with Gasteiger partial charge in [0, 0.05) is 19.3 Å². The summed E-state index contributed by atoms with van der Waals surface area (Å²) in [5.74, 6) is 0.856. The molecular formula is C13H26N2O. The Morgan fingerprint density at radius 1 is 1.12 bits per heavy atom. The van der Waals surface area contributed by atoms with Crippen molar-refractivity contribution in [1.29, 1.82) is 0 Å². The van der Waals surface area contributed by atoms with Gasteiger partial charge >= 0.3 is 0 Å². The Hall–Kier alpha value is -0.120. The Morgan fingerprint density at radius 3 is 2.75 bits per heavy atom. The third-order valence-electron chi connectivity index (χ3n) is 3.99. The summed E-state index contributed by atoms with van der Waals surface area (Å²) in [6.07, 6.45) is 6.52. The van der Waals surface area contributed by atoms with Gasteiger partial charge in [0.25, 0.3) is 0 Å². The Labute approximate surface area is 99.5 Å². The lowest BCUT2D eigenvalue weighted by atomic mass is 9.99. The second-order valence-corrected chi connectivity index (χ2v) is 5.40. The van der Waals surface area contributed by atoms with Crippen LogP contribution < -0.4 is 5.32 Å². The highest BCUT2D eigenvalue weighted by Gasteiger charge is 2.17. The Morgan fingerprint density at radius 2 is 1.94 bits per heavy atom. The fraction of sp³-hybridized carbons (Fsp3) is 1.00. The maximum absolute atomic E-state index is 5.39. The van der Waals surface area contributed by atoms with Gasteiger partial charge in [-0.3, -0.25) is 0 Å². The highest BCUT2D eigenvalue weighted by Crippen LogP contribution is 2.15. The van der Waals surface area contributed by atoms with Crippen LogP contribution in [-0.4, -0.2) is 50.8 Å². The Kier molecular flexibility index (Phi) is 5.07. The van der Waals surface area contributed by atoms with Crippen molar-refractivity contribution in [1.82, 2.24) is 10.2 Å². The Balaban J connectivity index is 1.64. The lowest BCUT2D eigenvalue weighted by Crippen LogP contribution is -2.35. The van der Waals surface area contributed by atoms with Crippen molar-refractivity contribution in [3.63, 3.8) is 0 Å². The first-order chi connectivity index (χ1) is 7.84. The summed E-state index contributed by atoms with van der Waals surface area (Å²) in [5.41, 5.74) is 0. The van der Waals surface area contributed by atoms with Crippen molar-refractivity contribution in [3.05, 3.63) is 0 Å². The second-order valence-electron chi connectivity index (χ2n) is 5.40. The zero-order chi connectivity index (χ0) is 11.2. The molecule has 1 unspecified atom stereocenters. The first kappa shape index (κ1) is 12.3. The molecule has 0 saturated carbocycles. The molecule has 2 fully saturated rings.